The van der Waals surface area contributed by atoms with Crippen LogP contribution in [-0.2, 0) is 0 Å². The van der Waals surface area contributed by atoms with Crippen molar-refractivity contribution in [1.82, 2.24) is 5.32 Å². The maximum Gasteiger partial charge on any atom is 0.265 e. The molecule has 1 aromatic heterocycles. The number of hydrogen-bond acceptors (Lipinski definition) is 4. The summed E-state index contributed by atoms with van der Waals surface area (Å²) in [6, 6.07) is 18.0. The Labute approximate surface area is 168 Å². The molecule has 1 heterocycles. The minimum Gasteiger partial charge on any atom is -0.494 e. The summed E-state index contributed by atoms with van der Waals surface area (Å²) in [6.45, 7) is 4.46. The van der Waals surface area contributed by atoms with E-state index in [-0.39, 0.29) is 17.9 Å². The van der Waals surface area contributed by atoms with Crippen molar-refractivity contribution in [3.8, 4) is 5.75 Å². The number of para-hydroxylation sites is 1. The SMILES string of the molecule is CCOc1ccc(C(C)NC(=O)c2ccccc2NC(=O)c2cccs2)cc1. The molecular formula is C22H22N2O3S. The normalized spacial score (nSPS) is 11.5. The summed E-state index contributed by atoms with van der Waals surface area (Å²) in [5, 5.41) is 7.65. The lowest BCUT2D eigenvalue weighted by atomic mass is 10.1. The zero-order valence-corrected chi connectivity index (χ0v) is 16.6. The third-order valence-corrected chi connectivity index (χ3v) is 5.07. The first kappa shape index (κ1) is 19.6. The van der Waals surface area contributed by atoms with Crippen LogP contribution >= 0.6 is 11.3 Å². The van der Waals surface area contributed by atoms with Crippen molar-refractivity contribution in [2.75, 3.05) is 11.9 Å². The maximum absolute atomic E-state index is 12.8. The number of benzene rings is 2. The van der Waals surface area contributed by atoms with Crippen LogP contribution in [0.15, 0.2) is 66.0 Å². The van der Waals surface area contributed by atoms with Gasteiger partial charge in [-0.05, 0) is 55.1 Å². The van der Waals surface area contributed by atoms with Crippen molar-refractivity contribution in [1.29, 1.82) is 0 Å². The van der Waals surface area contributed by atoms with Crippen molar-refractivity contribution in [3.05, 3.63) is 82.0 Å². The summed E-state index contributed by atoms with van der Waals surface area (Å²) in [6.07, 6.45) is 0. The molecule has 0 aliphatic heterocycles. The number of ether oxygens (including phenoxy) is 1. The second-order valence-corrected chi connectivity index (χ2v) is 7.12. The Hall–Kier alpha value is -3.12. The summed E-state index contributed by atoms with van der Waals surface area (Å²) in [5.41, 5.74) is 1.87. The quantitative estimate of drug-likeness (QED) is 0.599. The zero-order chi connectivity index (χ0) is 19.9. The number of anilines is 1. The number of rotatable bonds is 7. The second-order valence-electron chi connectivity index (χ2n) is 6.17. The lowest BCUT2D eigenvalue weighted by Gasteiger charge is -2.17. The molecule has 144 valence electrons. The first-order chi connectivity index (χ1) is 13.6. The van der Waals surface area contributed by atoms with Crippen molar-refractivity contribution >= 4 is 28.8 Å². The highest BCUT2D eigenvalue weighted by atomic mass is 32.1. The van der Waals surface area contributed by atoms with E-state index >= 15 is 0 Å². The smallest absolute Gasteiger partial charge is 0.265 e. The average molecular weight is 394 g/mol. The molecule has 0 saturated carbocycles. The van der Waals surface area contributed by atoms with Gasteiger partial charge in [0.05, 0.1) is 28.8 Å². The fraction of sp³-hybridized carbons (Fsp3) is 0.182. The second kappa shape index (κ2) is 9.19. The van der Waals surface area contributed by atoms with Gasteiger partial charge in [-0.1, -0.05) is 30.3 Å². The van der Waals surface area contributed by atoms with Gasteiger partial charge in [0.15, 0.2) is 0 Å². The van der Waals surface area contributed by atoms with Gasteiger partial charge < -0.3 is 15.4 Å². The number of hydrogen-bond donors (Lipinski definition) is 2. The fourth-order valence-corrected chi connectivity index (χ4v) is 3.38. The summed E-state index contributed by atoms with van der Waals surface area (Å²) >= 11 is 1.35. The molecule has 0 radical (unpaired) electrons. The molecule has 6 heteroatoms. The largest absolute Gasteiger partial charge is 0.494 e. The average Bonchev–Trinajstić information content (AvgIpc) is 3.24. The molecule has 2 amide bonds. The van der Waals surface area contributed by atoms with Crippen LogP contribution in [0.1, 0.15) is 45.5 Å². The van der Waals surface area contributed by atoms with Gasteiger partial charge in [-0.25, -0.2) is 0 Å². The predicted molar refractivity (Wildman–Crippen MR) is 112 cm³/mol. The van der Waals surface area contributed by atoms with E-state index in [9.17, 15) is 9.59 Å². The van der Waals surface area contributed by atoms with Crippen molar-refractivity contribution < 1.29 is 14.3 Å². The third kappa shape index (κ3) is 4.78. The van der Waals surface area contributed by atoms with Gasteiger partial charge >= 0.3 is 0 Å². The Morgan fingerprint density at radius 1 is 1.00 bits per heavy atom. The van der Waals surface area contributed by atoms with E-state index in [1.807, 2.05) is 49.6 Å². The first-order valence-corrected chi connectivity index (χ1v) is 9.94. The number of carbonyl (C=O) groups is 2. The highest BCUT2D eigenvalue weighted by Crippen LogP contribution is 2.21. The maximum atomic E-state index is 12.8. The summed E-state index contributed by atoms with van der Waals surface area (Å²) < 4.78 is 5.45. The Balaban J connectivity index is 1.71. The van der Waals surface area contributed by atoms with Gasteiger partial charge in [-0.2, -0.15) is 0 Å². The Kier molecular flexibility index (Phi) is 6.45. The minimum atomic E-state index is -0.247. The summed E-state index contributed by atoms with van der Waals surface area (Å²) in [7, 11) is 0. The molecule has 2 aromatic carbocycles. The van der Waals surface area contributed by atoms with Crippen LogP contribution in [0.3, 0.4) is 0 Å². The molecule has 3 rings (SSSR count). The van der Waals surface area contributed by atoms with E-state index in [0.717, 1.165) is 11.3 Å². The van der Waals surface area contributed by atoms with E-state index in [0.29, 0.717) is 22.7 Å². The monoisotopic (exact) mass is 394 g/mol. The van der Waals surface area contributed by atoms with Gasteiger partial charge in [0, 0.05) is 0 Å². The minimum absolute atomic E-state index is 0.191. The number of amides is 2. The molecular weight excluding hydrogens is 372 g/mol. The zero-order valence-electron chi connectivity index (χ0n) is 15.8. The standard InChI is InChI=1S/C22H22N2O3S/c1-3-27-17-12-10-16(11-13-17)15(2)23-21(25)18-7-4-5-8-19(18)24-22(26)20-9-6-14-28-20/h4-15H,3H2,1-2H3,(H,23,25)(H,24,26). The Bertz CT molecular complexity index is 937. The van der Waals surface area contributed by atoms with Gasteiger partial charge in [0.2, 0.25) is 0 Å². The molecule has 0 bridgehead atoms. The number of carbonyl (C=O) groups excluding carboxylic acids is 2. The molecule has 1 atom stereocenters. The van der Waals surface area contributed by atoms with E-state index in [4.69, 9.17) is 4.74 Å². The topological polar surface area (TPSA) is 67.4 Å². The van der Waals surface area contributed by atoms with Crippen LogP contribution < -0.4 is 15.4 Å². The molecule has 3 aromatic rings. The lowest BCUT2D eigenvalue weighted by Crippen LogP contribution is -2.27. The van der Waals surface area contributed by atoms with Crippen LogP contribution in [0.25, 0.3) is 0 Å². The highest BCUT2D eigenvalue weighted by molar-refractivity contribution is 7.12. The van der Waals surface area contributed by atoms with Crippen molar-refractivity contribution in [2.45, 2.75) is 19.9 Å². The summed E-state index contributed by atoms with van der Waals surface area (Å²) in [4.78, 5) is 25.7. The van der Waals surface area contributed by atoms with E-state index in [1.165, 1.54) is 11.3 Å². The molecule has 0 aliphatic carbocycles. The highest BCUT2D eigenvalue weighted by Gasteiger charge is 2.17. The van der Waals surface area contributed by atoms with Crippen LogP contribution in [0, 0.1) is 0 Å². The van der Waals surface area contributed by atoms with E-state index < -0.39 is 0 Å². The van der Waals surface area contributed by atoms with Gasteiger partial charge in [0.25, 0.3) is 11.8 Å². The van der Waals surface area contributed by atoms with Gasteiger partial charge in [0.1, 0.15) is 5.75 Å². The Morgan fingerprint density at radius 2 is 1.75 bits per heavy atom. The van der Waals surface area contributed by atoms with Crippen LogP contribution in [0.5, 0.6) is 5.75 Å². The molecule has 0 fully saturated rings. The number of nitrogens with one attached hydrogen (secondary N) is 2. The van der Waals surface area contributed by atoms with E-state index in [2.05, 4.69) is 10.6 Å². The third-order valence-electron chi connectivity index (χ3n) is 4.20. The molecule has 0 saturated heterocycles. The molecule has 0 spiro atoms. The molecule has 28 heavy (non-hydrogen) atoms. The van der Waals surface area contributed by atoms with Crippen LogP contribution in [-0.4, -0.2) is 18.4 Å². The van der Waals surface area contributed by atoms with Gasteiger partial charge in [-0.15, -0.1) is 11.3 Å². The number of thiophene rings is 1. The molecule has 5 nitrogen and oxygen atoms in total. The van der Waals surface area contributed by atoms with E-state index in [1.54, 1.807) is 30.3 Å². The molecule has 2 N–H and O–H groups in total. The van der Waals surface area contributed by atoms with Crippen LogP contribution in [0.2, 0.25) is 0 Å². The summed E-state index contributed by atoms with van der Waals surface area (Å²) in [5.74, 6) is 0.324. The first-order valence-electron chi connectivity index (χ1n) is 9.06. The lowest BCUT2D eigenvalue weighted by molar-refractivity contribution is 0.0941. The Morgan fingerprint density at radius 3 is 2.43 bits per heavy atom. The molecule has 0 aliphatic rings. The van der Waals surface area contributed by atoms with Crippen molar-refractivity contribution in [2.24, 2.45) is 0 Å². The van der Waals surface area contributed by atoms with Crippen LogP contribution in [0.4, 0.5) is 5.69 Å². The van der Waals surface area contributed by atoms with Crippen molar-refractivity contribution in [3.63, 3.8) is 0 Å². The predicted octanol–water partition coefficient (Wildman–Crippen LogP) is 4.89. The van der Waals surface area contributed by atoms with Gasteiger partial charge in [-0.3, -0.25) is 9.59 Å². The molecule has 1 unspecified atom stereocenters. The fourth-order valence-electron chi connectivity index (χ4n) is 2.76.